The molecule has 2 fully saturated rings. The molecule has 1 aromatic carbocycles. The van der Waals surface area contributed by atoms with Crippen molar-refractivity contribution in [1.82, 2.24) is 10.2 Å². The Morgan fingerprint density at radius 3 is 2.63 bits per heavy atom. The molecule has 2 bridgehead atoms. The molecule has 2 atom stereocenters. The third-order valence-corrected chi connectivity index (χ3v) is 5.70. The number of rotatable bonds is 9. The molecule has 0 aromatic heterocycles. The molecule has 2 unspecified atom stereocenters. The lowest BCUT2D eigenvalue weighted by Crippen LogP contribution is -2.42. The number of fused-ring (bicyclic) bond motifs is 2. The molecule has 2 saturated heterocycles. The quantitative estimate of drug-likeness (QED) is 0.532. The second kappa shape index (κ2) is 9.88. The molecule has 27 heavy (non-hydrogen) atoms. The Balaban J connectivity index is 1.46. The molecule has 148 valence electrons. The topological polar surface area (TPSA) is 58.6 Å². The smallest absolute Gasteiger partial charge is 0.223 e. The van der Waals surface area contributed by atoms with Crippen molar-refractivity contribution in [1.29, 1.82) is 0 Å². The molecule has 0 saturated carbocycles. The number of amides is 1. The van der Waals surface area contributed by atoms with Crippen LogP contribution in [0.3, 0.4) is 0 Å². The Hall–Kier alpha value is -1.88. The van der Waals surface area contributed by atoms with E-state index in [1.54, 1.807) is 0 Å². The zero-order chi connectivity index (χ0) is 19.1. The van der Waals surface area contributed by atoms with Crippen LogP contribution in [-0.4, -0.2) is 48.4 Å². The van der Waals surface area contributed by atoms with Crippen LogP contribution in [0.4, 0.5) is 0 Å². The van der Waals surface area contributed by atoms with Crippen LogP contribution in [0.1, 0.15) is 68.6 Å². The van der Waals surface area contributed by atoms with E-state index in [4.69, 9.17) is 4.74 Å². The minimum atomic E-state index is 0.0289. The summed E-state index contributed by atoms with van der Waals surface area (Å²) in [6.07, 6.45) is 7.18. The first kappa shape index (κ1) is 19.9. The highest BCUT2D eigenvalue weighted by Gasteiger charge is 2.37. The van der Waals surface area contributed by atoms with Crippen molar-refractivity contribution in [2.24, 2.45) is 0 Å². The second-order valence-corrected chi connectivity index (χ2v) is 7.68. The van der Waals surface area contributed by atoms with Gasteiger partial charge in [-0.2, -0.15) is 0 Å². The number of hydrogen-bond donors (Lipinski definition) is 1. The summed E-state index contributed by atoms with van der Waals surface area (Å²) in [6, 6.07) is 7.98. The third-order valence-electron chi connectivity index (χ3n) is 5.70. The van der Waals surface area contributed by atoms with E-state index in [0.29, 0.717) is 30.7 Å². The molecule has 1 amide bonds. The van der Waals surface area contributed by atoms with Gasteiger partial charge >= 0.3 is 0 Å². The van der Waals surface area contributed by atoms with E-state index in [-0.39, 0.29) is 18.1 Å². The molecule has 5 nitrogen and oxygen atoms in total. The fourth-order valence-corrected chi connectivity index (χ4v) is 4.16. The summed E-state index contributed by atoms with van der Waals surface area (Å²) in [5.74, 6) is 0.962. The zero-order valence-corrected chi connectivity index (χ0v) is 16.4. The van der Waals surface area contributed by atoms with Crippen molar-refractivity contribution in [2.45, 2.75) is 70.4 Å². The van der Waals surface area contributed by atoms with Crippen LogP contribution in [-0.2, 0) is 4.79 Å². The molecule has 0 radical (unpaired) electrons. The maximum atomic E-state index is 12.7. The number of hydrogen-bond acceptors (Lipinski definition) is 4. The van der Waals surface area contributed by atoms with Gasteiger partial charge in [-0.3, -0.25) is 9.59 Å². The molecule has 1 aromatic rings. The molecule has 0 spiro atoms. The summed E-state index contributed by atoms with van der Waals surface area (Å²) in [7, 11) is 0. The van der Waals surface area contributed by atoms with Crippen LogP contribution in [0, 0.1) is 0 Å². The van der Waals surface area contributed by atoms with Gasteiger partial charge in [0.2, 0.25) is 5.91 Å². The maximum Gasteiger partial charge on any atom is 0.223 e. The fraction of sp³-hybridized carbons (Fsp3) is 0.636. The fourth-order valence-electron chi connectivity index (χ4n) is 4.16. The number of unbranched alkanes of at least 4 members (excludes halogenated alkanes) is 2. The largest absolute Gasteiger partial charge is 0.494 e. The second-order valence-electron chi connectivity index (χ2n) is 7.68. The average Bonchev–Trinajstić information content (AvgIpc) is 2.96. The van der Waals surface area contributed by atoms with Gasteiger partial charge in [0.25, 0.3) is 0 Å². The van der Waals surface area contributed by atoms with Crippen LogP contribution < -0.4 is 10.1 Å². The predicted molar refractivity (Wildman–Crippen MR) is 106 cm³/mol. The lowest BCUT2D eigenvalue weighted by Gasteiger charge is -2.27. The van der Waals surface area contributed by atoms with Gasteiger partial charge in [-0.05, 0) is 56.5 Å². The predicted octanol–water partition coefficient (Wildman–Crippen LogP) is 3.57. The zero-order valence-electron chi connectivity index (χ0n) is 16.4. The number of carbonyl (C=O) groups excluding carboxylic acids is 2. The highest BCUT2D eigenvalue weighted by molar-refractivity contribution is 5.98. The maximum absolute atomic E-state index is 12.7. The SMILES string of the molecule is CCCCCOc1ccc(C(=O)CCC(=O)N2C3CCNCC2CC3)cc1. The van der Waals surface area contributed by atoms with Crippen molar-refractivity contribution >= 4 is 11.7 Å². The van der Waals surface area contributed by atoms with Crippen LogP contribution in [0.2, 0.25) is 0 Å². The molecule has 5 heteroatoms. The van der Waals surface area contributed by atoms with E-state index < -0.39 is 0 Å². The standard InChI is InChI=1S/C22H32N2O3/c1-2-3-4-15-27-20-9-5-17(6-10-20)21(25)11-12-22(26)24-18-7-8-19(24)16-23-14-13-18/h5-6,9-10,18-19,23H,2-4,7-8,11-16H2,1H3. The van der Waals surface area contributed by atoms with Crippen molar-refractivity contribution in [3.05, 3.63) is 29.8 Å². The minimum Gasteiger partial charge on any atom is -0.494 e. The number of nitrogens with one attached hydrogen (secondary N) is 1. The lowest BCUT2D eigenvalue weighted by molar-refractivity contribution is -0.133. The summed E-state index contributed by atoms with van der Waals surface area (Å²) in [5.41, 5.74) is 0.657. The van der Waals surface area contributed by atoms with E-state index >= 15 is 0 Å². The Morgan fingerprint density at radius 2 is 1.85 bits per heavy atom. The third kappa shape index (κ3) is 5.32. The Kier molecular flexibility index (Phi) is 7.27. The van der Waals surface area contributed by atoms with E-state index in [1.807, 2.05) is 24.3 Å². The minimum absolute atomic E-state index is 0.0289. The first-order chi connectivity index (χ1) is 13.2. The monoisotopic (exact) mass is 372 g/mol. The van der Waals surface area contributed by atoms with E-state index in [0.717, 1.165) is 44.5 Å². The summed E-state index contributed by atoms with van der Waals surface area (Å²) in [6.45, 7) is 4.75. The van der Waals surface area contributed by atoms with Crippen LogP contribution in [0.5, 0.6) is 5.75 Å². The normalized spacial score (nSPS) is 21.7. The molecule has 2 aliphatic rings. The van der Waals surface area contributed by atoms with Gasteiger partial charge in [0, 0.05) is 37.0 Å². The Labute approximate surface area is 162 Å². The van der Waals surface area contributed by atoms with Crippen molar-refractivity contribution in [3.63, 3.8) is 0 Å². The number of carbonyl (C=O) groups is 2. The van der Waals surface area contributed by atoms with Gasteiger partial charge in [0.15, 0.2) is 5.78 Å². The molecule has 1 N–H and O–H groups in total. The van der Waals surface area contributed by atoms with E-state index in [9.17, 15) is 9.59 Å². The van der Waals surface area contributed by atoms with E-state index in [2.05, 4.69) is 17.1 Å². The first-order valence-corrected chi connectivity index (χ1v) is 10.5. The van der Waals surface area contributed by atoms with Crippen molar-refractivity contribution in [3.8, 4) is 5.75 Å². The number of ether oxygens (including phenoxy) is 1. The molecule has 2 aliphatic heterocycles. The number of Topliss-reactive ketones (excluding diaryl/α,β-unsaturated/α-hetero) is 1. The molecule has 2 heterocycles. The van der Waals surface area contributed by atoms with Crippen molar-refractivity contribution in [2.75, 3.05) is 19.7 Å². The Bertz CT molecular complexity index is 615. The Morgan fingerprint density at radius 1 is 1.07 bits per heavy atom. The van der Waals surface area contributed by atoms with Crippen LogP contribution >= 0.6 is 0 Å². The molecular formula is C22H32N2O3. The molecule has 0 aliphatic carbocycles. The van der Waals surface area contributed by atoms with Gasteiger partial charge in [0.1, 0.15) is 5.75 Å². The number of nitrogens with zero attached hydrogens (tertiary/aromatic N) is 1. The van der Waals surface area contributed by atoms with E-state index in [1.165, 1.54) is 12.8 Å². The summed E-state index contributed by atoms with van der Waals surface area (Å²) in [4.78, 5) is 27.2. The average molecular weight is 373 g/mol. The highest BCUT2D eigenvalue weighted by atomic mass is 16.5. The summed E-state index contributed by atoms with van der Waals surface area (Å²) >= 11 is 0. The van der Waals surface area contributed by atoms with Gasteiger partial charge in [-0.15, -0.1) is 0 Å². The van der Waals surface area contributed by atoms with Crippen LogP contribution in [0.25, 0.3) is 0 Å². The number of ketones is 1. The molecule has 3 rings (SSSR count). The number of benzene rings is 1. The van der Waals surface area contributed by atoms with Gasteiger partial charge < -0.3 is 15.0 Å². The first-order valence-electron chi connectivity index (χ1n) is 10.5. The van der Waals surface area contributed by atoms with Crippen LogP contribution in [0.15, 0.2) is 24.3 Å². The summed E-state index contributed by atoms with van der Waals surface area (Å²) in [5, 5.41) is 3.41. The van der Waals surface area contributed by atoms with Crippen molar-refractivity contribution < 1.29 is 14.3 Å². The molecular weight excluding hydrogens is 340 g/mol. The highest BCUT2D eigenvalue weighted by Crippen LogP contribution is 2.29. The summed E-state index contributed by atoms with van der Waals surface area (Å²) < 4.78 is 5.68. The van der Waals surface area contributed by atoms with Gasteiger partial charge in [-0.1, -0.05) is 19.8 Å². The van der Waals surface area contributed by atoms with Gasteiger partial charge in [-0.25, -0.2) is 0 Å². The lowest BCUT2D eigenvalue weighted by atomic mass is 10.1. The van der Waals surface area contributed by atoms with Gasteiger partial charge in [0.05, 0.1) is 6.61 Å².